The van der Waals surface area contributed by atoms with Crippen molar-refractivity contribution in [2.24, 2.45) is 0 Å². The van der Waals surface area contributed by atoms with Crippen LogP contribution in [0.2, 0.25) is 0 Å². The van der Waals surface area contributed by atoms with E-state index in [0.29, 0.717) is 11.3 Å². The lowest BCUT2D eigenvalue weighted by Crippen LogP contribution is -2.02. The van der Waals surface area contributed by atoms with E-state index in [-0.39, 0.29) is 23.7 Å². The van der Waals surface area contributed by atoms with Crippen LogP contribution in [-0.4, -0.2) is 17.1 Å². The molecular weight excluding hydrogens is 279 g/mol. The Labute approximate surface area is 119 Å². The van der Waals surface area contributed by atoms with Crippen LogP contribution < -0.4 is 10.1 Å². The third-order valence-corrected chi connectivity index (χ3v) is 2.94. The number of nitrogens with zero attached hydrogens (tertiary/aromatic N) is 1. The number of hydrogen-bond donors (Lipinski definition) is 2. The number of rotatable bonds is 5. The van der Waals surface area contributed by atoms with Crippen LogP contribution in [0.1, 0.15) is 5.56 Å². The van der Waals surface area contributed by atoms with Crippen molar-refractivity contribution < 1.29 is 19.2 Å². The number of benzene rings is 2. The average Bonchev–Trinajstić information content (AvgIpc) is 2.47. The fraction of sp³-hybridized carbons (Fsp3) is 0.143. The van der Waals surface area contributed by atoms with Gasteiger partial charge in [0.2, 0.25) is 0 Å². The average molecular weight is 292 g/mol. The van der Waals surface area contributed by atoms with Crippen molar-refractivity contribution in [1.29, 1.82) is 0 Å². The number of nitro benzene ring substituents is 1. The zero-order valence-electron chi connectivity index (χ0n) is 11.2. The fourth-order valence-corrected chi connectivity index (χ4v) is 1.83. The van der Waals surface area contributed by atoms with Crippen LogP contribution in [0, 0.1) is 15.9 Å². The minimum absolute atomic E-state index is 0.0326. The zero-order chi connectivity index (χ0) is 15.4. The van der Waals surface area contributed by atoms with Gasteiger partial charge in [0, 0.05) is 18.2 Å². The first-order chi connectivity index (χ1) is 10.0. The van der Waals surface area contributed by atoms with Gasteiger partial charge in [0.15, 0.2) is 17.3 Å². The quantitative estimate of drug-likeness (QED) is 0.653. The van der Waals surface area contributed by atoms with Crippen LogP contribution in [0.3, 0.4) is 0 Å². The van der Waals surface area contributed by atoms with Crippen LogP contribution in [0.4, 0.5) is 15.8 Å². The lowest BCUT2D eigenvalue weighted by molar-refractivity contribution is -0.385. The highest BCUT2D eigenvalue weighted by atomic mass is 19.1. The third-order valence-electron chi connectivity index (χ3n) is 2.94. The van der Waals surface area contributed by atoms with E-state index in [4.69, 9.17) is 4.74 Å². The summed E-state index contributed by atoms with van der Waals surface area (Å²) in [6.07, 6.45) is 0. The number of anilines is 1. The zero-order valence-corrected chi connectivity index (χ0v) is 11.2. The molecule has 0 atom stereocenters. The summed E-state index contributed by atoms with van der Waals surface area (Å²) in [7, 11) is 1.43. The molecule has 6 nitrogen and oxygen atoms in total. The highest BCUT2D eigenvalue weighted by Crippen LogP contribution is 2.30. The predicted molar refractivity (Wildman–Crippen MR) is 75.0 cm³/mol. The number of methoxy groups -OCH3 is 1. The number of non-ortho nitro benzene ring substituents is 1. The molecule has 0 heterocycles. The van der Waals surface area contributed by atoms with E-state index in [1.807, 2.05) is 0 Å². The van der Waals surface area contributed by atoms with E-state index in [2.05, 4.69) is 5.32 Å². The van der Waals surface area contributed by atoms with E-state index in [1.165, 1.54) is 19.2 Å². The van der Waals surface area contributed by atoms with Crippen LogP contribution in [-0.2, 0) is 6.54 Å². The third kappa shape index (κ3) is 3.19. The monoisotopic (exact) mass is 292 g/mol. The summed E-state index contributed by atoms with van der Waals surface area (Å²) in [6.45, 7) is 0.151. The van der Waals surface area contributed by atoms with Crippen molar-refractivity contribution in [2.45, 2.75) is 6.54 Å². The first-order valence-corrected chi connectivity index (χ1v) is 6.05. The molecule has 0 aliphatic carbocycles. The molecule has 0 saturated carbocycles. The summed E-state index contributed by atoms with van der Waals surface area (Å²) in [5.74, 6) is -0.445. The smallest absolute Gasteiger partial charge is 0.272 e. The SMILES string of the molecule is COc1cccc(CNc2ccc([N+](=O)[O-])cc2F)c1O. The van der Waals surface area contributed by atoms with Gasteiger partial charge in [-0.3, -0.25) is 10.1 Å². The van der Waals surface area contributed by atoms with Gasteiger partial charge < -0.3 is 15.2 Å². The maximum Gasteiger partial charge on any atom is 0.272 e. The Bertz CT molecular complexity index is 676. The molecule has 2 aromatic carbocycles. The highest BCUT2D eigenvalue weighted by molar-refractivity contribution is 5.52. The number of nitro groups is 1. The van der Waals surface area contributed by atoms with Crippen molar-refractivity contribution in [1.82, 2.24) is 0 Å². The fourth-order valence-electron chi connectivity index (χ4n) is 1.83. The molecular formula is C14H13FN2O4. The molecule has 0 amide bonds. The van der Waals surface area contributed by atoms with E-state index >= 15 is 0 Å². The molecule has 0 spiro atoms. The number of phenolic OH excluding ortho intramolecular Hbond substituents is 1. The Hall–Kier alpha value is -2.83. The summed E-state index contributed by atoms with van der Waals surface area (Å²) in [5.41, 5.74) is 0.317. The molecule has 0 aliphatic rings. The van der Waals surface area contributed by atoms with Crippen molar-refractivity contribution in [3.63, 3.8) is 0 Å². The number of nitrogens with one attached hydrogen (secondary N) is 1. The van der Waals surface area contributed by atoms with Gasteiger partial charge in [-0.05, 0) is 12.1 Å². The van der Waals surface area contributed by atoms with Crippen molar-refractivity contribution in [3.05, 3.63) is 57.9 Å². The standard InChI is InChI=1S/C14H13FN2O4/c1-21-13-4-2-3-9(14(13)18)8-16-12-6-5-10(17(19)20)7-11(12)15/h2-7,16,18H,8H2,1H3. The van der Waals surface area contributed by atoms with Crippen molar-refractivity contribution >= 4 is 11.4 Å². The lowest BCUT2D eigenvalue weighted by atomic mass is 10.1. The second kappa shape index (κ2) is 6.08. The predicted octanol–water partition coefficient (Wildman–Crippen LogP) is 3.06. The van der Waals surface area contributed by atoms with Gasteiger partial charge in [0.1, 0.15) is 0 Å². The van der Waals surface area contributed by atoms with Crippen LogP contribution in [0.25, 0.3) is 0 Å². The Balaban J connectivity index is 2.15. The van der Waals surface area contributed by atoms with Gasteiger partial charge in [0.25, 0.3) is 5.69 Å². The Morgan fingerprint density at radius 1 is 1.38 bits per heavy atom. The molecule has 0 bridgehead atoms. The van der Waals surface area contributed by atoms with E-state index in [0.717, 1.165) is 6.07 Å². The van der Waals surface area contributed by atoms with Gasteiger partial charge >= 0.3 is 0 Å². The molecule has 0 saturated heterocycles. The Morgan fingerprint density at radius 2 is 2.14 bits per heavy atom. The second-order valence-electron chi connectivity index (χ2n) is 4.24. The van der Waals surface area contributed by atoms with E-state index < -0.39 is 10.7 Å². The molecule has 110 valence electrons. The maximum atomic E-state index is 13.7. The number of phenols is 1. The molecule has 0 aromatic heterocycles. The first-order valence-electron chi connectivity index (χ1n) is 6.05. The van der Waals surface area contributed by atoms with Gasteiger partial charge in [-0.15, -0.1) is 0 Å². The molecule has 0 unspecified atom stereocenters. The highest BCUT2D eigenvalue weighted by Gasteiger charge is 2.12. The molecule has 2 rings (SSSR count). The largest absolute Gasteiger partial charge is 0.504 e. The van der Waals surface area contributed by atoms with Gasteiger partial charge in [0.05, 0.1) is 23.8 Å². The first kappa shape index (κ1) is 14.6. The summed E-state index contributed by atoms with van der Waals surface area (Å²) >= 11 is 0. The molecule has 2 aromatic rings. The molecule has 0 radical (unpaired) electrons. The molecule has 7 heteroatoms. The second-order valence-corrected chi connectivity index (χ2v) is 4.24. The molecule has 0 aliphatic heterocycles. The Kier molecular flexibility index (Phi) is 4.22. The summed E-state index contributed by atoms with van der Waals surface area (Å²) < 4.78 is 18.7. The number of ether oxygens (including phenoxy) is 1. The van der Waals surface area contributed by atoms with Crippen molar-refractivity contribution in [3.8, 4) is 11.5 Å². The van der Waals surface area contributed by atoms with Crippen LogP contribution in [0.15, 0.2) is 36.4 Å². The van der Waals surface area contributed by atoms with Gasteiger partial charge in [-0.2, -0.15) is 0 Å². The summed E-state index contributed by atoms with van der Waals surface area (Å²) in [4.78, 5) is 9.86. The van der Waals surface area contributed by atoms with Gasteiger partial charge in [-0.1, -0.05) is 12.1 Å². The molecule has 0 fully saturated rings. The van der Waals surface area contributed by atoms with Crippen LogP contribution >= 0.6 is 0 Å². The molecule has 2 N–H and O–H groups in total. The maximum absolute atomic E-state index is 13.7. The normalized spacial score (nSPS) is 10.2. The number of para-hydroxylation sites is 1. The Morgan fingerprint density at radius 3 is 2.76 bits per heavy atom. The van der Waals surface area contributed by atoms with Crippen molar-refractivity contribution in [2.75, 3.05) is 12.4 Å². The summed E-state index contributed by atoms with van der Waals surface area (Å²) in [5, 5.41) is 23.2. The topological polar surface area (TPSA) is 84.6 Å². The van der Waals surface area contributed by atoms with E-state index in [1.54, 1.807) is 18.2 Å². The number of halogens is 1. The van der Waals surface area contributed by atoms with Gasteiger partial charge in [-0.25, -0.2) is 4.39 Å². The van der Waals surface area contributed by atoms with E-state index in [9.17, 15) is 19.6 Å². The minimum Gasteiger partial charge on any atom is -0.504 e. The summed E-state index contributed by atoms with van der Waals surface area (Å²) in [6, 6.07) is 8.29. The lowest BCUT2D eigenvalue weighted by Gasteiger charge is -2.11. The van der Waals surface area contributed by atoms with Crippen LogP contribution in [0.5, 0.6) is 11.5 Å². The number of hydrogen-bond acceptors (Lipinski definition) is 5. The molecule has 21 heavy (non-hydrogen) atoms. The minimum atomic E-state index is -0.730. The number of aromatic hydroxyl groups is 1.